The molecule has 5 rings (SSSR count). The van der Waals surface area contributed by atoms with Crippen molar-refractivity contribution < 1.29 is 32.2 Å². The van der Waals surface area contributed by atoms with Crippen LogP contribution in [0.25, 0.3) is 0 Å². The van der Waals surface area contributed by atoms with Gasteiger partial charge in [-0.05, 0) is 35.9 Å². The van der Waals surface area contributed by atoms with Crippen LogP contribution in [0.3, 0.4) is 0 Å². The fourth-order valence-electron chi connectivity index (χ4n) is 3.68. The van der Waals surface area contributed by atoms with Crippen molar-refractivity contribution in [1.82, 2.24) is 15.3 Å². The number of fused-ring (bicyclic) bond motifs is 1. The van der Waals surface area contributed by atoms with Crippen LogP contribution in [0.1, 0.15) is 27.9 Å². The first kappa shape index (κ1) is 22.0. The second-order valence-corrected chi connectivity index (χ2v) is 7.74. The normalized spacial score (nSPS) is 17.3. The highest BCUT2D eigenvalue weighted by molar-refractivity contribution is 6.01. The number of benzene rings is 2. The van der Waals surface area contributed by atoms with Crippen molar-refractivity contribution in [1.29, 1.82) is 0 Å². The Bertz CT molecular complexity index is 1210. The fraction of sp³-hybridized carbons (Fsp3) is 0.261. The van der Waals surface area contributed by atoms with Crippen LogP contribution >= 0.6 is 0 Å². The molecule has 0 radical (unpaired) electrons. The molecule has 1 aromatic heterocycles. The number of halogens is 3. The Morgan fingerprint density at radius 2 is 1.97 bits per heavy atom. The monoisotopic (exact) mass is 472 g/mol. The highest BCUT2D eigenvalue weighted by Crippen LogP contribution is 2.39. The van der Waals surface area contributed by atoms with Crippen molar-refractivity contribution >= 4 is 17.5 Å². The van der Waals surface area contributed by atoms with Crippen LogP contribution in [0.4, 0.5) is 24.8 Å². The Balaban J connectivity index is 1.39. The van der Waals surface area contributed by atoms with Gasteiger partial charge in [-0.2, -0.15) is 18.2 Å². The Labute approximate surface area is 192 Å². The SMILES string of the molecule is O=C1NCc2cccc(Oc3nc(Nc4ccc(O[C@H]5CCOC5)cc4)ncc3C(F)(F)F)c21. The smallest absolute Gasteiger partial charge is 0.423 e. The summed E-state index contributed by atoms with van der Waals surface area (Å²) in [5, 5.41) is 5.49. The van der Waals surface area contributed by atoms with Crippen LogP contribution < -0.4 is 20.1 Å². The predicted molar refractivity (Wildman–Crippen MR) is 114 cm³/mol. The number of alkyl halides is 3. The lowest BCUT2D eigenvalue weighted by molar-refractivity contribution is -0.139. The van der Waals surface area contributed by atoms with Gasteiger partial charge >= 0.3 is 6.18 Å². The van der Waals surface area contributed by atoms with E-state index < -0.39 is 23.5 Å². The van der Waals surface area contributed by atoms with E-state index in [9.17, 15) is 18.0 Å². The Morgan fingerprint density at radius 3 is 2.71 bits per heavy atom. The number of hydrogen-bond donors (Lipinski definition) is 2. The van der Waals surface area contributed by atoms with Crippen LogP contribution in [0.15, 0.2) is 48.7 Å². The molecule has 176 valence electrons. The van der Waals surface area contributed by atoms with Gasteiger partial charge in [-0.3, -0.25) is 4.79 Å². The number of nitrogens with zero attached hydrogens (tertiary/aromatic N) is 2. The predicted octanol–water partition coefficient (Wildman–Crippen LogP) is 4.44. The summed E-state index contributed by atoms with van der Waals surface area (Å²) >= 11 is 0. The molecule has 2 aliphatic heterocycles. The zero-order chi connectivity index (χ0) is 23.7. The van der Waals surface area contributed by atoms with E-state index in [1.165, 1.54) is 6.07 Å². The van der Waals surface area contributed by atoms with Crippen LogP contribution in [0.2, 0.25) is 0 Å². The zero-order valence-corrected chi connectivity index (χ0v) is 17.7. The lowest BCUT2D eigenvalue weighted by Crippen LogP contribution is -2.15. The van der Waals surface area contributed by atoms with Gasteiger partial charge in [-0.1, -0.05) is 12.1 Å². The van der Waals surface area contributed by atoms with Crippen molar-refractivity contribution in [3.8, 4) is 17.4 Å². The molecule has 0 spiro atoms. The van der Waals surface area contributed by atoms with Crippen molar-refractivity contribution in [3.05, 3.63) is 65.4 Å². The van der Waals surface area contributed by atoms with Gasteiger partial charge in [-0.25, -0.2) is 4.98 Å². The molecule has 2 aliphatic rings. The molecule has 3 aromatic rings. The molecule has 0 unspecified atom stereocenters. The van der Waals surface area contributed by atoms with Gasteiger partial charge < -0.3 is 24.8 Å². The third-order valence-electron chi connectivity index (χ3n) is 5.35. The van der Waals surface area contributed by atoms with Crippen molar-refractivity contribution in [3.63, 3.8) is 0 Å². The summed E-state index contributed by atoms with van der Waals surface area (Å²) in [6.07, 6.45) is -3.30. The van der Waals surface area contributed by atoms with Crippen LogP contribution in [0, 0.1) is 0 Å². The molecular formula is C23H19F3N4O4. The molecule has 1 atom stereocenters. The van der Waals surface area contributed by atoms with E-state index >= 15 is 0 Å². The van der Waals surface area contributed by atoms with Crippen LogP contribution in [-0.2, 0) is 17.5 Å². The van der Waals surface area contributed by atoms with Crippen molar-refractivity contribution in [2.75, 3.05) is 18.5 Å². The fourth-order valence-corrected chi connectivity index (χ4v) is 3.68. The number of hydrogen-bond acceptors (Lipinski definition) is 7. The Kier molecular flexibility index (Phi) is 5.70. The van der Waals surface area contributed by atoms with Crippen LogP contribution in [-0.4, -0.2) is 35.2 Å². The molecule has 3 heterocycles. The highest BCUT2D eigenvalue weighted by Gasteiger charge is 2.37. The maximum atomic E-state index is 13.6. The van der Waals surface area contributed by atoms with Gasteiger partial charge in [0, 0.05) is 24.8 Å². The van der Waals surface area contributed by atoms with E-state index in [2.05, 4.69) is 20.6 Å². The van der Waals surface area contributed by atoms with Gasteiger partial charge in [0.1, 0.15) is 23.2 Å². The molecule has 2 N–H and O–H groups in total. The standard InChI is InChI=1S/C23H19F3N4O4/c24-23(25,26)17-11-28-22(29-14-4-6-15(7-5-14)33-16-8-9-32-12-16)30-21(17)34-18-3-1-2-13-10-27-20(31)19(13)18/h1-7,11,16H,8-10,12H2,(H,27,31)(H,28,29,30)/t16-/m0/s1. The average Bonchev–Trinajstić information content (AvgIpc) is 3.45. The number of anilines is 2. The summed E-state index contributed by atoms with van der Waals surface area (Å²) in [4.78, 5) is 19.9. The summed E-state index contributed by atoms with van der Waals surface area (Å²) < 4.78 is 57.4. The summed E-state index contributed by atoms with van der Waals surface area (Å²) in [5.74, 6) is -0.593. The first-order valence-corrected chi connectivity index (χ1v) is 10.5. The van der Waals surface area contributed by atoms with E-state index in [0.717, 1.165) is 6.42 Å². The zero-order valence-electron chi connectivity index (χ0n) is 17.7. The topological polar surface area (TPSA) is 94.6 Å². The van der Waals surface area contributed by atoms with E-state index in [0.29, 0.717) is 36.4 Å². The summed E-state index contributed by atoms with van der Waals surface area (Å²) in [6.45, 7) is 1.48. The molecule has 8 nitrogen and oxygen atoms in total. The second-order valence-electron chi connectivity index (χ2n) is 7.74. The van der Waals surface area contributed by atoms with E-state index in [4.69, 9.17) is 14.2 Å². The van der Waals surface area contributed by atoms with Gasteiger partial charge in [0.15, 0.2) is 0 Å². The lowest BCUT2D eigenvalue weighted by atomic mass is 10.1. The number of amides is 1. The molecule has 1 fully saturated rings. The Hall–Kier alpha value is -3.86. The number of carbonyl (C=O) groups excluding carboxylic acids is 1. The minimum atomic E-state index is -4.75. The largest absolute Gasteiger partial charge is 0.488 e. The van der Waals surface area contributed by atoms with Gasteiger partial charge in [-0.15, -0.1) is 0 Å². The third kappa shape index (κ3) is 4.60. The van der Waals surface area contributed by atoms with Gasteiger partial charge in [0.05, 0.1) is 18.8 Å². The van der Waals surface area contributed by atoms with E-state index in [1.54, 1.807) is 36.4 Å². The molecule has 0 saturated carbocycles. The van der Waals surface area contributed by atoms with E-state index in [1.807, 2.05) is 0 Å². The van der Waals surface area contributed by atoms with Gasteiger partial charge in [0.25, 0.3) is 5.91 Å². The maximum Gasteiger partial charge on any atom is 0.423 e. The Morgan fingerprint density at radius 1 is 1.15 bits per heavy atom. The molecule has 0 bridgehead atoms. The number of rotatable bonds is 6. The highest BCUT2D eigenvalue weighted by atomic mass is 19.4. The number of ether oxygens (including phenoxy) is 3. The maximum absolute atomic E-state index is 13.6. The second kappa shape index (κ2) is 8.82. The minimum absolute atomic E-state index is 0.00159. The summed E-state index contributed by atoms with van der Waals surface area (Å²) in [7, 11) is 0. The minimum Gasteiger partial charge on any atom is -0.488 e. The van der Waals surface area contributed by atoms with Crippen molar-refractivity contribution in [2.24, 2.45) is 0 Å². The molecule has 11 heteroatoms. The first-order valence-electron chi connectivity index (χ1n) is 10.5. The number of nitrogens with one attached hydrogen (secondary N) is 2. The third-order valence-corrected chi connectivity index (χ3v) is 5.35. The molecule has 2 aromatic carbocycles. The number of carbonyl (C=O) groups is 1. The quantitative estimate of drug-likeness (QED) is 0.548. The lowest BCUT2D eigenvalue weighted by Gasteiger charge is -2.15. The summed E-state index contributed by atoms with van der Waals surface area (Å²) in [6, 6.07) is 11.6. The molecular weight excluding hydrogens is 453 g/mol. The van der Waals surface area contributed by atoms with E-state index in [-0.39, 0.29) is 29.9 Å². The number of aromatic nitrogens is 2. The summed E-state index contributed by atoms with van der Waals surface area (Å²) in [5.41, 5.74) is 0.208. The molecule has 0 aliphatic carbocycles. The molecule has 34 heavy (non-hydrogen) atoms. The molecule has 1 amide bonds. The first-order chi connectivity index (χ1) is 16.4. The average molecular weight is 472 g/mol. The van der Waals surface area contributed by atoms with Crippen molar-refractivity contribution in [2.45, 2.75) is 25.2 Å². The van der Waals surface area contributed by atoms with Crippen LogP contribution in [0.5, 0.6) is 17.4 Å². The molecule has 1 saturated heterocycles. The van der Waals surface area contributed by atoms with Gasteiger partial charge in [0.2, 0.25) is 11.8 Å².